The summed E-state index contributed by atoms with van der Waals surface area (Å²) in [6.07, 6.45) is 10.7. The summed E-state index contributed by atoms with van der Waals surface area (Å²) in [6, 6.07) is 1.06. The average molecular weight is 403 g/mol. The SMILES string of the molecule is CNC1CC[C@]23C[C@]24CC[C@]2(C)[C@@H]([C@H](C)NC)C(O)CC2(C)C4CCC3C1(C)C. The molecule has 5 rings (SSSR count). The van der Waals surface area contributed by atoms with Crippen molar-refractivity contribution in [2.24, 2.45) is 44.8 Å². The molecule has 0 aliphatic heterocycles. The van der Waals surface area contributed by atoms with E-state index in [0.717, 1.165) is 18.3 Å². The normalized spacial score (nSPS) is 58.6. The van der Waals surface area contributed by atoms with Gasteiger partial charge in [-0.15, -0.1) is 0 Å². The third-order valence-electron chi connectivity index (χ3n) is 12.5. The number of hydrogen-bond donors (Lipinski definition) is 3. The second-order valence-electron chi connectivity index (χ2n) is 13.1. The van der Waals surface area contributed by atoms with E-state index in [2.05, 4.69) is 59.3 Å². The zero-order valence-corrected chi connectivity index (χ0v) is 20.1. The van der Waals surface area contributed by atoms with Crippen molar-refractivity contribution < 1.29 is 5.11 Å². The fraction of sp³-hybridized carbons (Fsp3) is 1.00. The van der Waals surface area contributed by atoms with Crippen LogP contribution in [0, 0.1) is 44.8 Å². The first-order valence-electron chi connectivity index (χ1n) is 12.6. The van der Waals surface area contributed by atoms with Crippen molar-refractivity contribution in [3.05, 3.63) is 0 Å². The minimum absolute atomic E-state index is 0.147. The molecule has 0 heterocycles. The fourth-order valence-electron chi connectivity index (χ4n) is 11.1. The van der Waals surface area contributed by atoms with Crippen LogP contribution in [0.25, 0.3) is 0 Å². The molecule has 0 aromatic carbocycles. The Morgan fingerprint density at radius 2 is 1.52 bits per heavy atom. The van der Waals surface area contributed by atoms with Gasteiger partial charge in [0.05, 0.1) is 6.10 Å². The highest BCUT2D eigenvalue weighted by molar-refractivity contribution is 5.31. The molecule has 2 spiro atoms. The minimum Gasteiger partial charge on any atom is -0.393 e. The van der Waals surface area contributed by atoms with E-state index in [4.69, 9.17) is 0 Å². The minimum atomic E-state index is -0.147. The summed E-state index contributed by atoms with van der Waals surface area (Å²) in [5, 5.41) is 18.4. The lowest BCUT2D eigenvalue weighted by Gasteiger charge is -2.63. The van der Waals surface area contributed by atoms with Crippen LogP contribution in [0.5, 0.6) is 0 Å². The molecule has 0 amide bonds. The van der Waals surface area contributed by atoms with Gasteiger partial charge in [0.1, 0.15) is 0 Å². The fourth-order valence-corrected chi connectivity index (χ4v) is 11.1. The zero-order valence-electron chi connectivity index (χ0n) is 20.1. The molecule has 10 atom stereocenters. The largest absolute Gasteiger partial charge is 0.393 e. The van der Waals surface area contributed by atoms with Gasteiger partial charge in [0, 0.05) is 18.0 Å². The van der Waals surface area contributed by atoms with E-state index in [1.165, 1.54) is 44.9 Å². The maximum Gasteiger partial charge on any atom is 0.0594 e. The van der Waals surface area contributed by atoms with Crippen LogP contribution in [0.15, 0.2) is 0 Å². The smallest absolute Gasteiger partial charge is 0.0594 e. The standard InChI is InChI=1S/C26H46N2O/c1-16(27-6)21-17(29)14-24(5)19-9-8-18-22(2,3)20(28-7)10-11-25(18)15-26(19,25)13-12-23(21,24)4/h16-21,27-29H,8-15H2,1-7H3/t16-,17?,18?,19?,20?,21-,23+,24?,25+,26-/m0/s1. The maximum absolute atomic E-state index is 11.3. The topological polar surface area (TPSA) is 44.3 Å². The Labute approximate surface area is 179 Å². The molecule has 29 heavy (non-hydrogen) atoms. The number of aliphatic hydroxyl groups excluding tert-OH is 1. The van der Waals surface area contributed by atoms with Crippen molar-refractivity contribution in [1.82, 2.24) is 10.6 Å². The van der Waals surface area contributed by atoms with Crippen LogP contribution in [-0.4, -0.2) is 37.4 Å². The molecule has 5 aliphatic carbocycles. The van der Waals surface area contributed by atoms with Crippen LogP contribution >= 0.6 is 0 Å². The quantitative estimate of drug-likeness (QED) is 0.647. The van der Waals surface area contributed by atoms with Crippen molar-refractivity contribution in [2.45, 2.75) is 104 Å². The molecule has 166 valence electrons. The molecule has 0 radical (unpaired) electrons. The summed E-state index contributed by atoms with van der Waals surface area (Å²) in [5.41, 5.74) is 2.14. The predicted octanol–water partition coefficient (Wildman–Crippen LogP) is 4.59. The number of fused-ring (bicyclic) bond motifs is 2. The molecule has 0 saturated heterocycles. The van der Waals surface area contributed by atoms with Crippen molar-refractivity contribution in [3.8, 4) is 0 Å². The summed E-state index contributed by atoms with van der Waals surface area (Å²) in [5.74, 6) is 2.08. The number of rotatable bonds is 3. The highest BCUT2D eigenvalue weighted by atomic mass is 16.3. The van der Waals surface area contributed by atoms with Gasteiger partial charge in [0.15, 0.2) is 0 Å². The second kappa shape index (κ2) is 6.01. The van der Waals surface area contributed by atoms with Crippen LogP contribution in [0.1, 0.15) is 86.0 Å². The predicted molar refractivity (Wildman–Crippen MR) is 120 cm³/mol. The van der Waals surface area contributed by atoms with E-state index >= 15 is 0 Å². The number of aliphatic hydroxyl groups is 1. The lowest BCUT2D eigenvalue weighted by molar-refractivity contribution is -0.144. The van der Waals surface area contributed by atoms with E-state index in [-0.39, 0.29) is 11.5 Å². The van der Waals surface area contributed by atoms with Crippen LogP contribution in [0.2, 0.25) is 0 Å². The maximum atomic E-state index is 11.3. The van der Waals surface area contributed by atoms with Crippen molar-refractivity contribution in [3.63, 3.8) is 0 Å². The first-order chi connectivity index (χ1) is 13.5. The molecule has 5 saturated carbocycles. The third kappa shape index (κ3) is 2.16. The summed E-state index contributed by atoms with van der Waals surface area (Å²) >= 11 is 0. The van der Waals surface area contributed by atoms with Gasteiger partial charge < -0.3 is 15.7 Å². The van der Waals surface area contributed by atoms with Gasteiger partial charge >= 0.3 is 0 Å². The van der Waals surface area contributed by atoms with Crippen molar-refractivity contribution >= 4 is 0 Å². The van der Waals surface area contributed by atoms with Crippen LogP contribution in [0.4, 0.5) is 0 Å². The molecule has 3 N–H and O–H groups in total. The van der Waals surface area contributed by atoms with E-state index < -0.39 is 0 Å². The van der Waals surface area contributed by atoms with Gasteiger partial charge in [0.2, 0.25) is 0 Å². The Hall–Kier alpha value is -0.120. The molecule has 3 nitrogen and oxygen atoms in total. The monoisotopic (exact) mass is 402 g/mol. The first-order valence-corrected chi connectivity index (χ1v) is 12.6. The van der Waals surface area contributed by atoms with E-state index in [1.54, 1.807) is 0 Å². The van der Waals surface area contributed by atoms with Crippen LogP contribution < -0.4 is 10.6 Å². The molecule has 5 unspecified atom stereocenters. The number of hydrogen-bond acceptors (Lipinski definition) is 3. The van der Waals surface area contributed by atoms with Crippen LogP contribution in [-0.2, 0) is 0 Å². The summed E-state index contributed by atoms with van der Waals surface area (Å²) in [7, 11) is 4.25. The third-order valence-corrected chi connectivity index (χ3v) is 12.5. The van der Waals surface area contributed by atoms with Crippen LogP contribution in [0.3, 0.4) is 0 Å². The van der Waals surface area contributed by atoms with E-state index in [0.29, 0.717) is 39.7 Å². The Morgan fingerprint density at radius 3 is 2.17 bits per heavy atom. The van der Waals surface area contributed by atoms with Crippen molar-refractivity contribution in [1.29, 1.82) is 0 Å². The van der Waals surface area contributed by atoms with Gasteiger partial charge in [-0.25, -0.2) is 0 Å². The Morgan fingerprint density at radius 1 is 0.862 bits per heavy atom. The molecule has 5 aliphatic rings. The Bertz CT molecular complexity index is 692. The zero-order chi connectivity index (χ0) is 21.0. The Balaban J connectivity index is 1.52. The molecular weight excluding hydrogens is 356 g/mol. The van der Waals surface area contributed by atoms with Gasteiger partial charge in [-0.3, -0.25) is 0 Å². The summed E-state index contributed by atoms with van der Waals surface area (Å²) in [6.45, 7) is 12.6. The molecule has 0 bridgehead atoms. The lowest BCUT2D eigenvalue weighted by Crippen LogP contribution is -2.59. The van der Waals surface area contributed by atoms with Gasteiger partial charge in [0.25, 0.3) is 0 Å². The lowest BCUT2D eigenvalue weighted by atomic mass is 9.42. The summed E-state index contributed by atoms with van der Waals surface area (Å²) in [4.78, 5) is 0. The van der Waals surface area contributed by atoms with Gasteiger partial charge in [-0.05, 0) is 111 Å². The van der Waals surface area contributed by atoms with Crippen molar-refractivity contribution in [2.75, 3.05) is 14.1 Å². The second-order valence-corrected chi connectivity index (χ2v) is 13.1. The highest BCUT2D eigenvalue weighted by Crippen LogP contribution is 2.88. The van der Waals surface area contributed by atoms with Gasteiger partial charge in [-0.1, -0.05) is 27.7 Å². The Kier molecular flexibility index (Phi) is 4.31. The molecule has 3 heteroatoms. The average Bonchev–Trinajstić information content (AvgIpc) is 3.26. The summed E-state index contributed by atoms with van der Waals surface area (Å²) < 4.78 is 0. The molecular formula is C26H46N2O. The molecule has 0 aromatic rings. The van der Waals surface area contributed by atoms with E-state index in [9.17, 15) is 5.11 Å². The van der Waals surface area contributed by atoms with E-state index in [1.807, 2.05) is 0 Å². The van der Waals surface area contributed by atoms with Gasteiger partial charge in [-0.2, -0.15) is 0 Å². The highest BCUT2D eigenvalue weighted by Gasteiger charge is 2.82. The molecule has 0 aromatic heterocycles. The number of nitrogens with one attached hydrogen (secondary N) is 2. The molecule has 5 fully saturated rings. The first kappa shape index (κ1) is 20.8.